The van der Waals surface area contributed by atoms with Crippen molar-refractivity contribution >= 4 is 11.8 Å². The van der Waals surface area contributed by atoms with Gasteiger partial charge in [-0.2, -0.15) is 0 Å². The number of hydrogen-bond donors (Lipinski definition) is 1. The quantitative estimate of drug-likeness (QED) is 0.780. The van der Waals surface area contributed by atoms with Crippen LogP contribution in [-0.4, -0.2) is 84.9 Å². The van der Waals surface area contributed by atoms with Crippen LogP contribution in [0, 0.1) is 0 Å². The second-order valence-corrected chi connectivity index (χ2v) is 6.63. The standard InChI is InChI=1S/C15H28N4O2/c1-5-15(2)14(21)19(7-6-13(20)16-15)11-12-10-17(3)8-9-18(12)4/h12H,5-11H2,1-4H3,(H,16,20). The zero-order valence-electron chi connectivity index (χ0n) is 13.7. The number of amides is 2. The Morgan fingerprint density at radius 2 is 1.95 bits per heavy atom. The Kier molecular flexibility index (Phi) is 4.88. The number of carbonyl (C=O) groups is 2. The lowest BCUT2D eigenvalue weighted by Crippen LogP contribution is -2.59. The Morgan fingerprint density at radius 1 is 1.24 bits per heavy atom. The van der Waals surface area contributed by atoms with Gasteiger partial charge in [0.15, 0.2) is 0 Å². The zero-order chi connectivity index (χ0) is 15.6. The summed E-state index contributed by atoms with van der Waals surface area (Å²) in [6, 6.07) is 0.335. The number of likely N-dealkylation sites (N-methyl/N-ethyl adjacent to an activating group) is 2. The molecule has 2 aliphatic rings. The summed E-state index contributed by atoms with van der Waals surface area (Å²) >= 11 is 0. The van der Waals surface area contributed by atoms with Gasteiger partial charge in [0.25, 0.3) is 0 Å². The summed E-state index contributed by atoms with van der Waals surface area (Å²) in [4.78, 5) is 31.1. The first-order valence-electron chi connectivity index (χ1n) is 7.85. The first-order chi connectivity index (χ1) is 9.85. The summed E-state index contributed by atoms with van der Waals surface area (Å²) in [6.07, 6.45) is 1.02. The van der Waals surface area contributed by atoms with Gasteiger partial charge in [-0.15, -0.1) is 0 Å². The van der Waals surface area contributed by atoms with Crippen LogP contribution >= 0.6 is 0 Å². The van der Waals surface area contributed by atoms with Crippen molar-refractivity contribution in [1.29, 1.82) is 0 Å². The molecule has 120 valence electrons. The van der Waals surface area contributed by atoms with Crippen LogP contribution in [0.15, 0.2) is 0 Å². The van der Waals surface area contributed by atoms with Crippen LogP contribution < -0.4 is 5.32 Å². The van der Waals surface area contributed by atoms with E-state index in [-0.39, 0.29) is 11.8 Å². The molecule has 0 aromatic carbocycles. The first-order valence-corrected chi connectivity index (χ1v) is 7.85. The van der Waals surface area contributed by atoms with E-state index in [0.29, 0.717) is 32.0 Å². The molecule has 2 fully saturated rings. The highest BCUT2D eigenvalue weighted by Crippen LogP contribution is 2.19. The maximum atomic E-state index is 12.8. The van der Waals surface area contributed by atoms with Crippen LogP contribution in [0.1, 0.15) is 26.7 Å². The molecule has 6 nitrogen and oxygen atoms in total. The first kappa shape index (κ1) is 16.2. The number of rotatable bonds is 3. The lowest BCUT2D eigenvalue weighted by Gasteiger charge is -2.41. The molecule has 2 atom stereocenters. The molecule has 2 amide bonds. The van der Waals surface area contributed by atoms with E-state index in [1.165, 1.54) is 0 Å². The smallest absolute Gasteiger partial charge is 0.248 e. The summed E-state index contributed by atoms with van der Waals surface area (Å²) in [5, 5.41) is 2.89. The lowest BCUT2D eigenvalue weighted by molar-refractivity contribution is -0.139. The van der Waals surface area contributed by atoms with E-state index in [9.17, 15) is 9.59 Å². The van der Waals surface area contributed by atoms with Gasteiger partial charge >= 0.3 is 0 Å². The molecule has 2 heterocycles. The van der Waals surface area contributed by atoms with E-state index in [0.717, 1.165) is 19.6 Å². The monoisotopic (exact) mass is 296 g/mol. The van der Waals surface area contributed by atoms with Crippen LogP contribution in [0.5, 0.6) is 0 Å². The van der Waals surface area contributed by atoms with Crippen LogP contribution in [0.4, 0.5) is 0 Å². The minimum Gasteiger partial charge on any atom is -0.342 e. The van der Waals surface area contributed by atoms with Gasteiger partial charge in [0.1, 0.15) is 5.54 Å². The largest absolute Gasteiger partial charge is 0.342 e. The SMILES string of the molecule is CCC1(C)NC(=O)CCN(CC2CN(C)CCN2C)C1=O. The molecule has 0 radical (unpaired) electrons. The van der Waals surface area contributed by atoms with E-state index >= 15 is 0 Å². The number of nitrogens with zero attached hydrogens (tertiary/aromatic N) is 3. The zero-order valence-corrected chi connectivity index (χ0v) is 13.7. The Balaban J connectivity index is 2.10. The second kappa shape index (κ2) is 6.32. The molecular weight excluding hydrogens is 268 g/mol. The van der Waals surface area contributed by atoms with Gasteiger partial charge < -0.3 is 15.1 Å². The molecule has 0 aromatic rings. The molecular formula is C15H28N4O2. The lowest BCUT2D eigenvalue weighted by atomic mass is 9.97. The van der Waals surface area contributed by atoms with Gasteiger partial charge in [-0.1, -0.05) is 6.92 Å². The van der Waals surface area contributed by atoms with Crippen molar-refractivity contribution in [2.24, 2.45) is 0 Å². The molecule has 2 aliphatic heterocycles. The topological polar surface area (TPSA) is 55.9 Å². The summed E-state index contributed by atoms with van der Waals surface area (Å²) in [6.45, 7) is 8.05. The van der Waals surface area contributed by atoms with Crippen molar-refractivity contribution in [3.63, 3.8) is 0 Å². The third kappa shape index (κ3) is 3.55. The van der Waals surface area contributed by atoms with Gasteiger partial charge in [-0.25, -0.2) is 0 Å². The van der Waals surface area contributed by atoms with Gasteiger partial charge in [0.2, 0.25) is 11.8 Å². The Morgan fingerprint density at radius 3 is 2.62 bits per heavy atom. The number of carbonyl (C=O) groups excluding carboxylic acids is 2. The van der Waals surface area contributed by atoms with Gasteiger partial charge in [0, 0.05) is 45.2 Å². The van der Waals surface area contributed by atoms with Gasteiger partial charge in [-0.05, 0) is 27.4 Å². The minimum atomic E-state index is -0.757. The average molecular weight is 296 g/mol. The Labute approximate surface area is 127 Å². The molecule has 2 rings (SSSR count). The second-order valence-electron chi connectivity index (χ2n) is 6.63. The van der Waals surface area contributed by atoms with Crippen LogP contribution in [0.3, 0.4) is 0 Å². The van der Waals surface area contributed by atoms with E-state index in [2.05, 4.69) is 29.2 Å². The molecule has 0 aromatic heterocycles. The third-order valence-corrected chi connectivity index (χ3v) is 4.90. The highest BCUT2D eigenvalue weighted by atomic mass is 16.2. The molecule has 21 heavy (non-hydrogen) atoms. The molecule has 6 heteroatoms. The van der Waals surface area contributed by atoms with E-state index in [1.54, 1.807) is 0 Å². The van der Waals surface area contributed by atoms with Crippen LogP contribution in [0.25, 0.3) is 0 Å². The summed E-state index contributed by atoms with van der Waals surface area (Å²) in [5.41, 5.74) is -0.757. The summed E-state index contributed by atoms with van der Waals surface area (Å²) in [7, 11) is 4.23. The molecule has 2 saturated heterocycles. The van der Waals surface area contributed by atoms with Crippen molar-refractivity contribution in [2.75, 3.05) is 46.8 Å². The fourth-order valence-electron chi connectivity index (χ4n) is 3.08. The molecule has 2 unspecified atom stereocenters. The molecule has 0 spiro atoms. The maximum Gasteiger partial charge on any atom is 0.248 e. The molecule has 0 saturated carbocycles. The van der Waals surface area contributed by atoms with Crippen molar-refractivity contribution in [3.8, 4) is 0 Å². The Hall–Kier alpha value is -1.14. The van der Waals surface area contributed by atoms with Gasteiger partial charge in [0.05, 0.1) is 0 Å². The number of nitrogens with one attached hydrogen (secondary N) is 1. The van der Waals surface area contributed by atoms with E-state index < -0.39 is 5.54 Å². The average Bonchev–Trinajstić information content (AvgIpc) is 2.55. The maximum absolute atomic E-state index is 12.8. The highest BCUT2D eigenvalue weighted by Gasteiger charge is 2.40. The van der Waals surface area contributed by atoms with E-state index in [4.69, 9.17) is 0 Å². The normalized spacial score (nSPS) is 33.0. The number of hydrogen-bond acceptors (Lipinski definition) is 4. The van der Waals surface area contributed by atoms with Crippen molar-refractivity contribution < 1.29 is 9.59 Å². The molecule has 0 bridgehead atoms. The molecule has 1 N–H and O–H groups in total. The van der Waals surface area contributed by atoms with E-state index in [1.807, 2.05) is 18.7 Å². The van der Waals surface area contributed by atoms with Crippen LogP contribution in [0.2, 0.25) is 0 Å². The third-order valence-electron chi connectivity index (χ3n) is 4.90. The highest BCUT2D eigenvalue weighted by molar-refractivity contribution is 5.93. The van der Waals surface area contributed by atoms with Gasteiger partial charge in [-0.3, -0.25) is 14.5 Å². The summed E-state index contributed by atoms with van der Waals surface area (Å²) in [5.74, 6) is 0.0294. The predicted molar refractivity (Wildman–Crippen MR) is 82.0 cm³/mol. The Bertz CT molecular complexity index is 414. The van der Waals surface area contributed by atoms with Crippen LogP contribution in [-0.2, 0) is 9.59 Å². The van der Waals surface area contributed by atoms with Crippen molar-refractivity contribution in [2.45, 2.75) is 38.3 Å². The fourth-order valence-corrected chi connectivity index (χ4v) is 3.08. The minimum absolute atomic E-state index is 0.0238. The predicted octanol–water partition coefficient (Wildman–Crippen LogP) is -0.251. The summed E-state index contributed by atoms with van der Waals surface area (Å²) < 4.78 is 0. The van der Waals surface area contributed by atoms with Crippen molar-refractivity contribution in [3.05, 3.63) is 0 Å². The fraction of sp³-hybridized carbons (Fsp3) is 0.867. The van der Waals surface area contributed by atoms with Crippen molar-refractivity contribution in [1.82, 2.24) is 20.0 Å². The molecule has 0 aliphatic carbocycles. The number of piperazine rings is 1.